The standard InChI is InChI=1S/C24H18F2N6O2/c1-30-19-11-18(21-15(23(30)33)4-3-5-20(21)34-24(25)26)32-17-10-13(7-9-16(17)28-22(19)32)6-8-14-12-27-29-31(14)2/h3-5,7,9-10,12,18-19,24H,11H2,1-2H3/t18-,19-/m1/s1/i1D3. The van der Waals surface area contributed by atoms with Crippen molar-refractivity contribution in [2.24, 2.45) is 7.05 Å². The molecule has 0 saturated carbocycles. The van der Waals surface area contributed by atoms with Crippen LogP contribution in [0.25, 0.3) is 11.0 Å². The number of fused-ring (bicyclic) bond motifs is 9. The molecule has 2 aromatic heterocycles. The number of hydrogen-bond donors (Lipinski definition) is 0. The van der Waals surface area contributed by atoms with E-state index in [4.69, 9.17) is 8.85 Å². The normalized spacial score (nSPS) is 20.2. The van der Waals surface area contributed by atoms with E-state index in [0.717, 1.165) is 4.90 Å². The van der Waals surface area contributed by atoms with Crippen molar-refractivity contribution < 1.29 is 22.4 Å². The summed E-state index contributed by atoms with van der Waals surface area (Å²) in [4.78, 5) is 19.0. The molecule has 0 spiro atoms. The molecule has 0 N–H and O–H groups in total. The molecular weight excluding hydrogens is 442 g/mol. The summed E-state index contributed by atoms with van der Waals surface area (Å²) < 4.78 is 59.0. The minimum Gasteiger partial charge on any atom is -0.434 e. The van der Waals surface area contributed by atoms with Crippen molar-refractivity contribution in [1.29, 1.82) is 0 Å². The molecule has 2 aliphatic rings. The van der Waals surface area contributed by atoms with E-state index in [1.54, 1.807) is 29.8 Å². The number of carbonyl (C=O) groups is 1. The van der Waals surface area contributed by atoms with E-state index < -0.39 is 31.6 Å². The second-order valence-electron chi connectivity index (χ2n) is 8.07. The van der Waals surface area contributed by atoms with Crippen LogP contribution in [0.4, 0.5) is 8.78 Å². The van der Waals surface area contributed by atoms with E-state index in [1.165, 1.54) is 29.1 Å². The molecule has 2 bridgehead atoms. The molecule has 0 unspecified atom stereocenters. The van der Waals surface area contributed by atoms with Gasteiger partial charge in [-0.2, -0.15) is 8.78 Å². The van der Waals surface area contributed by atoms with Crippen molar-refractivity contribution in [3.8, 4) is 17.6 Å². The van der Waals surface area contributed by atoms with Crippen molar-refractivity contribution >= 4 is 16.9 Å². The number of carbonyl (C=O) groups excluding carboxylic acids is 1. The van der Waals surface area contributed by atoms with Gasteiger partial charge in [0.25, 0.3) is 5.91 Å². The smallest absolute Gasteiger partial charge is 0.387 e. The van der Waals surface area contributed by atoms with Crippen molar-refractivity contribution in [3.63, 3.8) is 0 Å². The Kier molecular flexibility index (Phi) is 3.74. The number of amides is 1. The molecular formula is C24H18F2N6O2. The number of nitrogens with zero attached hydrogens (tertiary/aromatic N) is 6. The molecule has 2 atom stereocenters. The number of ether oxygens (including phenoxy) is 1. The molecule has 10 heteroatoms. The Hall–Kier alpha value is -4.26. The van der Waals surface area contributed by atoms with Crippen molar-refractivity contribution in [3.05, 3.63) is 70.8 Å². The van der Waals surface area contributed by atoms with Gasteiger partial charge in [0.2, 0.25) is 0 Å². The van der Waals surface area contributed by atoms with Crippen molar-refractivity contribution in [2.75, 3.05) is 6.98 Å². The van der Waals surface area contributed by atoms with Crippen LogP contribution >= 0.6 is 0 Å². The van der Waals surface area contributed by atoms with E-state index in [1.807, 2.05) is 0 Å². The number of alkyl halides is 2. The van der Waals surface area contributed by atoms with Gasteiger partial charge in [0.05, 0.1) is 29.3 Å². The monoisotopic (exact) mass is 463 g/mol. The van der Waals surface area contributed by atoms with Gasteiger partial charge in [-0.3, -0.25) is 4.79 Å². The van der Waals surface area contributed by atoms with Crippen LogP contribution in [0.1, 0.15) is 55.6 Å². The topological polar surface area (TPSA) is 78.1 Å². The Labute approximate surface area is 197 Å². The van der Waals surface area contributed by atoms with Gasteiger partial charge in [0, 0.05) is 41.2 Å². The van der Waals surface area contributed by atoms with Gasteiger partial charge in [-0.25, -0.2) is 9.67 Å². The Bertz CT molecular complexity index is 1630. The molecule has 0 saturated heterocycles. The maximum atomic E-state index is 13.5. The molecule has 4 heterocycles. The summed E-state index contributed by atoms with van der Waals surface area (Å²) in [7, 11) is 1.72. The van der Waals surface area contributed by atoms with E-state index in [0.29, 0.717) is 28.1 Å². The van der Waals surface area contributed by atoms with Gasteiger partial charge in [-0.05, 0) is 36.3 Å². The number of aryl methyl sites for hydroxylation is 1. The van der Waals surface area contributed by atoms with Gasteiger partial charge in [0.1, 0.15) is 17.3 Å². The van der Waals surface area contributed by atoms with E-state index >= 15 is 0 Å². The predicted octanol–water partition coefficient (Wildman–Crippen LogP) is 3.29. The SMILES string of the molecule is [2H]C([2H])([2H])N1C(=O)c2cccc(OC(F)F)c2[C@H]2C[C@@H]1c1nc3ccc(C#Cc4cnnn4C)cc3n12. The maximum Gasteiger partial charge on any atom is 0.387 e. The average Bonchev–Trinajstić information content (AvgIpc) is 3.48. The Morgan fingerprint density at radius 1 is 1.24 bits per heavy atom. The number of aromatic nitrogens is 5. The van der Waals surface area contributed by atoms with Crippen LogP contribution in [0.5, 0.6) is 5.75 Å². The highest BCUT2D eigenvalue weighted by Gasteiger charge is 2.44. The molecule has 2 aliphatic heterocycles. The first-order valence-corrected chi connectivity index (χ1v) is 10.4. The summed E-state index contributed by atoms with van der Waals surface area (Å²) in [5.41, 5.74) is 2.67. The summed E-state index contributed by atoms with van der Waals surface area (Å²) in [6.45, 7) is -5.91. The molecule has 2 aromatic carbocycles. The third-order valence-corrected chi connectivity index (χ3v) is 6.20. The van der Waals surface area contributed by atoms with Gasteiger partial charge in [-0.15, -0.1) is 5.10 Å². The van der Waals surface area contributed by atoms with Gasteiger partial charge >= 0.3 is 6.61 Å². The van der Waals surface area contributed by atoms with Crippen LogP contribution in [-0.4, -0.2) is 48.9 Å². The fourth-order valence-corrected chi connectivity index (χ4v) is 4.73. The lowest BCUT2D eigenvalue weighted by atomic mass is 9.97. The quantitative estimate of drug-likeness (QED) is 0.427. The summed E-state index contributed by atoms with van der Waals surface area (Å²) in [5, 5.41) is 7.66. The number of imidazole rings is 1. The first-order chi connectivity index (χ1) is 17.6. The fourth-order valence-electron chi connectivity index (χ4n) is 4.73. The highest BCUT2D eigenvalue weighted by Crippen LogP contribution is 2.49. The highest BCUT2D eigenvalue weighted by molar-refractivity contribution is 5.97. The summed E-state index contributed by atoms with van der Waals surface area (Å²) in [6, 6.07) is 7.98. The zero-order valence-electron chi connectivity index (χ0n) is 20.7. The Morgan fingerprint density at radius 3 is 2.88 bits per heavy atom. The van der Waals surface area contributed by atoms with Crippen LogP contribution in [0.2, 0.25) is 0 Å². The summed E-state index contributed by atoms with van der Waals surface area (Å²) in [5.74, 6) is 5.46. The van der Waals surface area contributed by atoms with Crippen molar-refractivity contribution in [2.45, 2.75) is 25.1 Å². The first-order valence-electron chi connectivity index (χ1n) is 11.9. The third-order valence-electron chi connectivity index (χ3n) is 6.20. The molecule has 34 heavy (non-hydrogen) atoms. The van der Waals surface area contributed by atoms with Crippen LogP contribution in [0.15, 0.2) is 42.6 Å². The first kappa shape index (κ1) is 17.2. The number of rotatable bonds is 2. The Morgan fingerprint density at radius 2 is 2.12 bits per heavy atom. The largest absolute Gasteiger partial charge is 0.434 e. The molecule has 6 rings (SSSR count). The molecule has 8 nitrogen and oxygen atoms in total. The summed E-state index contributed by atoms with van der Waals surface area (Å²) >= 11 is 0. The van der Waals surface area contributed by atoms with Crippen LogP contribution in [-0.2, 0) is 7.05 Å². The lowest BCUT2D eigenvalue weighted by molar-refractivity contribution is -0.0507. The second kappa shape index (κ2) is 7.38. The molecule has 170 valence electrons. The van der Waals surface area contributed by atoms with Gasteiger partial charge < -0.3 is 14.2 Å². The maximum absolute atomic E-state index is 13.5. The second-order valence-corrected chi connectivity index (χ2v) is 8.07. The van der Waals surface area contributed by atoms with Gasteiger partial charge in [-0.1, -0.05) is 17.2 Å². The molecule has 0 aliphatic carbocycles. The predicted molar refractivity (Wildman–Crippen MR) is 117 cm³/mol. The zero-order valence-corrected chi connectivity index (χ0v) is 17.7. The fraction of sp³-hybridized carbons (Fsp3) is 0.250. The minimum absolute atomic E-state index is 0.00827. The van der Waals surface area contributed by atoms with E-state index in [9.17, 15) is 13.6 Å². The summed E-state index contributed by atoms with van der Waals surface area (Å²) in [6.07, 6.45) is 1.69. The highest BCUT2D eigenvalue weighted by atomic mass is 19.3. The van der Waals surface area contributed by atoms with Crippen molar-refractivity contribution in [1.82, 2.24) is 29.4 Å². The minimum atomic E-state index is -3.12. The molecule has 0 fully saturated rings. The van der Waals surface area contributed by atoms with Gasteiger partial charge in [0.15, 0.2) is 0 Å². The van der Waals surface area contributed by atoms with Crippen LogP contribution in [0, 0.1) is 11.8 Å². The third kappa shape index (κ3) is 2.97. The number of hydrogen-bond acceptors (Lipinski definition) is 5. The molecule has 0 radical (unpaired) electrons. The lowest BCUT2D eigenvalue weighted by Crippen LogP contribution is -2.30. The lowest BCUT2D eigenvalue weighted by Gasteiger charge is -2.24. The average molecular weight is 463 g/mol. The van der Waals surface area contributed by atoms with Crippen LogP contribution < -0.4 is 4.74 Å². The molecule has 1 amide bonds. The number of benzene rings is 2. The van der Waals surface area contributed by atoms with Crippen LogP contribution in [0.3, 0.4) is 0 Å². The Balaban J connectivity index is 1.58. The van der Waals surface area contributed by atoms with E-state index in [-0.39, 0.29) is 23.3 Å². The zero-order chi connectivity index (χ0) is 26.1. The molecule has 4 aromatic rings. The number of halogens is 2. The van der Waals surface area contributed by atoms with E-state index in [2.05, 4.69) is 27.1 Å².